The number of nitrogens with zero attached hydrogens (tertiary/aromatic N) is 2. The highest BCUT2D eigenvalue weighted by Crippen LogP contribution is 2.51. The molecule has 2 amide bonds. The number of carbonyl (C=O) groups excluding carboxylic acids is 2. The topological polar surface area (TPSA) is 136 Å². The summed E-state index contributed by atoms with van der Waals surface area (Å²) in [6.45, 7) is 5.24. The number of carboxylic acid groups (broad SMARTS) is 1. The monoisotopic (exact) mass is 446 g/mol. The van der Waals surface area contributed by atoms with Gasteiger partial charge >= 0.3 is 5.97 Å². The largest absolute Gasteiger partial charge is 0.477 e. The molecule has 3 saturated heterocycles. The Balaban J connectivity index is 0.00000240. The molecule has 29 heavy (non-hydrogen) atoms. The van der Waals surface area contributed by atoms with E-state index in [1.54, 1.807) is 11.8 Å². The van der Waals surface area contributed by atoms with Gasteiger partial charge in [0.15, 0.2) is 0 Å². The molecule has 4 rings (SSSR count). The molecule has 0 unspecified atom stereocenters. The number of halogens is 1. The number of β-lactam (4-membered cyclic amide) rings is 1. The van der Waals surface area contributed by atoms with Crippen molar-refractivity contribution in [1.82, 2.24) is 15.1 Å². The Labute approximate surface area is 179 Å². The summed E-state index contributed by atoms with van der Waals surface area (Å²) in [6, 6.07) is -0.531. The molecule has 0 saturated carbocycles. The van der Waals surface area contributed by atoms with E-state index in [9.17, 15) is 24.6 Å². The maximum absolute atomic E-state index is 12.5. The highest BCUT2D eigenvalue weighted by molar-refractivity contribution is 8.03. The van der Waals surface area contributed by atoms with Gasteiger partial charge < -0.3 is 31.1 Å². The first-order valence-electron chi connectivity index (χ1n) is 9.63. The Hall–Kier alpha value is -1.33. The average molecular weight is 447 g/mol. The van der Waals surface area contributed by atoms with Crippen molar-refractivity contribution < 1.29 is 24.6 Å². The summed E-state index contributed by atoms with van der Waals surface area (Å²) >= 11 is 1.45. The van der Waals surface area contributed by atoms with Gasteiger partial charge in [-0.3, -0.25) is 9.59 Å². The maximum atomic E-state index is 12.5. The van der Waals surface area contributed by atoms with Gasteiger partial charge in [-0.05, 0) is 13.3 Å². The number of aliphatic hydroxyl groups is 1. The van der Waals surface area contributed by atoms with Gasteiger partial charge in [-0.25, -0.2) is 4.79 Å². The molecular weight excluding hydrogens is 420 g/mol. The normalized spacial score (nSPS) is 35.0. The summed E-state index contributed by atoms with van der Waals surface area (Å²) in [5, 5.41) is 22.9. The van der Waals surface area contributed by atoms with E-state index in [-0.39, 0.29) is 59.2 Å². The van der Waals surface area contributed by atoms with Crippen LogP contribution in [-0.2, 0) is 14.4 Å². The standard InChI is InChI=1S/C18H26N4O5S.ClH/c1-7-13-12(8(2)23)17(25)22(13)14(18(26)27)15(7)28-10-3-11(20-4-10)16(24)21-5-9(19)6-21;/h7-13,20,23H,3-6,19H2,1-2H3,(H,26,27);1H/t7-,8-,10+,11+,12-,13-;/m1./s1. The molecular formula is C18H27ClN4O5S. The molecule has 0 spiro atoms. The van der Waals surface area contributed by atoms with E-state index in [0.717, 1.165) is 0 Å². The van der Waals surface area contributed by atoms with E-state index in [4.69, 9.17) is 5.73 Å². The van der Waals surface area contributed by atoms with Gasteiger partial charge in [-0.2, -0.15) is 0 Å². The molecule has 0 aromatic rings. The first kappa shape index (κ1) is 22.4. The minimum absolute atomic E-state index is 0. The SMILES string of the molecule is C[C@@H](O)[C@H]1C(=O)N2C(C(=O)O)=C(S[C@@H]3CN[C@H](C(=O)N4CC(N)C4)C3)[C@H](C)[C@H]12.Cl. The Morgan fingerprint density at radius 3 is 2.55 bits per heavy atom. The van der Waals surface area contributed by atoms with Crippen LogP contribution in [0.3, 0.4) is 0 Å². The van der Waals surface area contributed by atoms with Gasteiger partial charge in [0.25, 0.3) is 0 Å². The molecule has 0 radical (unpaired) electrons. The van der Waals surface area contributed by atoms with Crippen molar-refractivity contribution in [3.8, 4) is 0 Å². The number of thioether (sulfide) groups is 1. The lowest BCUT2D eigenvalue weighted by atomic mass is 9.79. The van der Waals surface area contributed by atoms with Gasteiger partial charge in [0.1, 0.15) is 5.70 Å². The van der Waals surface area contributed by atoms with Gasteiger partial charge in [-0.1, -0.05) is 6.92 Å². The molecule has 3 fully saturated rings. The van der Waals surface area contributed by atoms with Crippen LogP contribution in [0, 0.1) is 11.8 Å². The Bertz CT molecular complexity index is 757. The number of likely N-dealkylation sites (tertiary alicyclic amines) is 1. The molecule has 0 aromatic heterocycles. The quantitative estimate of drug-likeness (QED) is 0.403. The third kappa shape index (κ3) is 3.54. The number of hydrogen-bond acceptors (Lipinski definition) is 7. The molecule has 4 heterocycles. The molecule has 4 aliphatic rings. The number of hydrogen-bond donors (Lipinski definition) is 4. The number of aliphatic hydroxyl groups excluding tert-OH is 1. The number of rotatable bonds is 5. The summed E-state index contributed by atoms with van der Waals surface area (Å²) in [4.78, 5) is 40.5. The van der Waals surface area contributed by atoms with Crippen molar-refractivity contribution >= 4 is 42.0 Å². The lowest BCUT2D eigenvalue weighted by molar-refractivity contribution is -0.163. The fraction of sp³-hybridized carbons (Fsp3) is 0.722. The average Bonchev–Trinajstić information content (AvgIpc) is 3.14. The zero-order valence-corrected chi connectivity index (χ0v) is 17.9. The van der Waals surface area contributed by atoms with Crippen LogP contribution in [-0.4, -0.2) is 86.9 Å². The van der Waals surface area contributed by atoms with Crippen LogP contribution in [0.5, 0.6) is 0 Å². The second-order valence-corrected chi connectivity index (χ2v) is 9.55. The molecule has 5 N–H and O–H groups in total. The predicted molar refractivity (Wildman–Crippen MR) is 109 cm³/mol. The molecule has 6 atom stereocenters. The number of carbonyl (C=O) groups is 3. The predicted octanol–water partition coefficient (Wildman–Crippen LogP) is -0.805. The van der Waals surface area contributed by atoms with E-state index < -0.39 is 18.0 Å². The van der Waals surface area contributed by atoms with Crippen molar-refractivity contribution in [2.75, 3.05) is 19.6 Å². The van der Waals surface area contributed by atoms with Crippen molar-refractivity contribution in [2.45, 2.75) is 49.7 Å². The number of nitrogens with one attached hydrogen (secondary N) is 1. The van der Waals surface area contributed by atoms with Crippen molar-refractivity contribution in [1.29, 1.82) is 0 Å². The molecule has 11 heteroatoms. The van der Waals surface area contributed by atoms with E-state index in [1.807, 2.05) is 6.92 Å². The van der Waals surface area contributed by atoms with Crippen LogP contribution >= 0.6 is 24.2 Å². The van der Waals surface area contributed by atoms with E-state index in [1.165, 1.54) is 16.7 Å². The molecule has 0 bridgehead atoms. The van der Waals surface area contributed by atoms with Crippen molar-refractivity contribution in [2.24, 2.45) is 17.6 Å². The van der Waals surface area contributed by atoms with E-state index in [2.05, 4.69) is 5.32 Å². The zero-order valence-electron chi connectivity index (χ0n) is 16.3. The smallest absolute Gasteiger partial charge is 0.353 e. The minimum atomic E-state index is -1.12. The third-order valence-electron chi connectivity index (χ3n) is 6.21. The second kappa shape index (κ2) is 8.07. The summed E-state index contributed by atoms with van der Waals surface area (Å²) in [5.74, 6) is -2.12. The highest BCUT2D eigenvalue weighted by Gasteiger charge is 2.60. The minimum Gasteiger partial charge on any atom is -0.477 e. The first-order valence-corrected chi connectivity index (χ1v) is 10.5. The van der Waals surface area contributed by atoms with E-state index in [0.29, 0.717) is 31.0 Å². The fourth-order valence-corrected chi connectivity index (χ4v) is 6.23. The van der Waals surface area contributed by atoms with Crippen LogP contribution in [0.25, 0.3) is 0 Å². The summed E-state index contributed by atoms with van der Waals surface area (Å²) in [5.41, 5.74) is 5.78. The van der Waals surface area contributed by atoms with Crippen molar-refractivity contribution in [3.63, 3.8) is 0 Å². The maximum Gasteiger partial charge on any atom is 0.353 e. The Kier molecular flexibility index (Phi) is 6.22. The molecule has 0 aliphatic carbocycles. The van der Waals surface area contributed by atoms with Crippen LogP contribution < -0.4 is 11.1 Å². The molecule has 0 aromatic carbocycles. The molecule has 162 valence electrons. The van der Waals surface area contributed by atoms with Crippen LogP contribution in [0.15, 0.2) is 10.6 Å². The zero-order chi connectivity index (χ0) is 20.3. The first-order chi connectivity index (χ1) is 13.2. The van der Waals surface area contributed by atoms with Crippen LogP contribution in [0.2, 0.25) is 0 Å². The Morgan fingerprint density at radius 1 is 1.34 bits per heavy atom. The number of aliphatic carboxylic acids is 1. The Morgan fingerprint density at radius 2 is 2.00 bits per heavy atom. The van der Waals surface area contributed by atoms with Crippen LogP contribution in [0.1, 0.15) is 20.3 Å². The summed E-state index contributed by atoms with van der Waals surface area (Å²) in [7, 11) is 0. The summed E-state index contributed by atoms with van der Waals surface area (Å²) in [6.07, 6.45) is -0.204. The highest BCUT2D eigenvalue weighted by atomic mass is 35.5. The van der Waals surface area contributed by atoms with Gasteiger partial charge in [0.05, 0.1) is 24.1 Å². The fourth-order valence-electron chi connectivity index (χ4n) is 4.75. The van der Waals surface area contributed by atoms with Gasteiger partial charge in [0.2, 0.25) is 11.8 Å². The van der Waals surface area contributed by atoms with Crippen LogP contribution in [0.4, 0.5) is 0 Å². The molecule has 9 nitrogen and oxygen atoms in total. The van der Waals surface area contributed by atoms with E-state index >= 15 is 0 Å². The molecule has 4 aliphatic heterocycles. The second-order valence-electron chi connectivity index (χ2n) is 8.21. The number of carboxylic acids is 1. The third-order valence-corrected chi connectivity index (χ3v) is 7.73. The number of amides is 2. The number of nitrogens with two attached hydrogens (primary N) is 1. The van der Waals surface area contributed by atoms with Gasteiger partial charge in [0, 0.05) is 41.7 Å². The summed E-state index contributed by atoms with van der Waals surface area (Å²) < 4.78 is 0. The lowest BCUT2D eigenvalue weighted by Gasteiger charge is -2.46. The van der Waals surface area contributed by atoms with Gasteiger partial charge in [-0.15, -0.1) is 24.2 Å². The lowest BCUT2D eigenvalue weighted by Crippen LogP contribution is -2.63. The number of fused-ring (bicyclic) bond motifs is 1. The van der Waals surface area contributed by atoms with Crippen molar-refractivity contribution in [3.05, 3.63) is 10.6 Å².